The zero-order valence-electron chi connectivity index (χ0n) is 15.7. The van der Waals surface area contributed by atoms with Crippen LogP contribution in [0.3, 0.4) is 0 Å². The molecule has 4 rings (SSSR count). The standard InChI is InChI=1S/C22H24FNO3/c1-21(2)14-22(21,17-4-6-18(23)7-5-17)20(26)24-9-10-27-19-8-3-15(13-25)11-16(19)12-24/h3-8,11,25H,9-10,12-14H2,1-2H3/t22-/m0/s1. The summed E-state index contributed by atoms with van der Waals surface area (Å²) in [4.78, 5) is 15.5. The van der Waals surface area contributed by atoms with E-state index in [1.165, 1.54) is 12.1 Å². The molecule has 1 aliphatic heterocycles. The van der Waals surface area contributed by atoms with Crippen LogP contribution in [0.25, 0.3) is 0 Å². The summed E-state index contributed by atoms with van der Waals surface area (Å²) in [5.41, 5.74) is 1.77. The Bertz CT molecular complexity index is 878. The van der Waals surface area contributed by atoms with Crippen LogP contribution in [-0.4, -0.2) is 29.1 Å². The van der Waals surface area contributed by atoms with Crippen molar-refractivity contribution in [3.05, 3.63) is 65.0 Å². The molecule has 27 heavy (non-hydrogen) atoms. The third kappa shape index (κ3) is 2.90. The molecular formula is C22H24FNO3. The van der Waals surface area contributed by atoms with E-state index >= 15 is 0 Å². The van der Waals surface area contributed by atoms with Crippen LogP contribution in [0, 0.1) is 11.2 Å². The van der Waals surface area contributed by atoms with Gasteiger partial charge in [-0.15, -0.1) is 0 Å². The number of amides is 1. The summed E-state index contributed by atoms with van der Waals surface area (Å²) in [6, 6.07) is 11.9. The zero-order valence-corrected chi connectivity index (χ0v) is 15.7. The predicted octanol–water partition coefficient (Wildman–Crippen LogP) is 3.41. The molecule has 142 valence electrons. The number of benzene rings is 2. The van der Waals surface area contributed by atoms with Gasteiger partial charge in [0.1, 0.15) is 18.2 Å². The maximum absolute atomic E-state index is 13.6. The molecule has 2 aromatic carbocycles. The van der Waals surface area contributed by atoms with Crippen LogP contribution in [0.4, 0.5) is 4.39 Å². The number of carbonyl (C=O) groups excluding carboxylic acids is 1. The van der Waals surface area contributed by atoms with Crippen LogP contribution in [0.5, 0.6) is 5.75 Å². The van der Waals surface area contributed by atoms with E-state index in [1.807, 2.05) is 23.1 Å². The first-order chi connectivity index (χ1) is 12.9. The molecule has 4 nitrogen and oxygen atoms in total. The van der Waals surface area contributed by atoms with Crippen LogP contribution in [-0.2, 0) is 23.4 Å². The van der Waals surface area contributed by atoms with E-state index in [-0.39, 0.29) is 23.7 Å². The van der Waals surface area contributed by atoms with Crippen molar-refractivity contribution in [2.24, 2.45) is 5.41 Å². The van der Waals surface area contributed by atoms with Crippen LogP contribution in [0.1, 0.15) is 37.0 Å². The molecule has 0 bridgehead atoms. The monoisotopic (exact) mass is 369 g/mol. The first-order valence-corrected chi connectivity index (χ1v) is 9.28. The number of carbonyl (C=O) groups is 1. The quantitative estimate of drug-likeness (QED) is 0.902. The number of hydrogen-bond acceptors (Lipinski definition) is 3. The Kier molecular flexibility index (Phi) is 4.22. The van der Waals surface area contributed by atoms with Gasteiger partial charge in [0.25, 0.3) is 0 Å². The average molecular weight is 369 g/mol. The molecule has 1 atom stereocenters. The van der Waals surface area contributed by atoms with Gasteiger partial charge in [-0.1, -0.05) is 32.0 Å². The van der Waals surface area contributed by atoms with Crippen molar-refractivity contribution in [2.45, 2.75) is 38.8 Å². The van der Waals surface area contributed by atoms with Crippen LogP contribution in [0.15, 0.2) is 42.5 Å². The lowest BCUT2D eigenvalue weighted by Crippen LogP contribution is -2.42. The second-order valence-electron chi connectivity index (χ2n) is 8.15. The van der Waals surface area contributed by atoms with Gasteiger partial charge in [0.05, 0.1) is 18.6 Å². The summed E-state index contributed by atoms with van der Waals surface area (Å²) >= 11 is 0. The fourth-order valence-corrected chi connectivity index (χ4v) is 4.32. The van der Waals surface area contributed by atoms with Crippen molar-refractivity contribution < 1.29 is 19.0 Å². The van der Waals surface area contributed by atoms with Crippen molar-refractivity contribution in [2.75, 3.05) is 13.2 Å². The highest BCUT2D eigenvalue weighted by Gasteiger charge is 2.68. The summed E-state index contributed by atoms with van der Waals surface area (Å²) < 4.78 is 19.2. The van der Waals surface area contributed by atoms with E-state index in [1.54, 1.807) is 12.1 Å². The maximum Gasteiger partial charge on any atom is 0.234 e. The lowest BCUT2D eigenvalue weighted by molar-refractivity contribution is -0.135. The number of ether oxygens (including phenoxy) is 1. The summed E-state index contributed by atoms with van der Waals surface area (Å²) in [6.45, 7) is 5.49. The topological polar surface area (TPSA) is 49.8 Å². The second kappa shape index (κ2) is 6.34. The minimum absolute atomic E-state index is 0.0478. The summed E-state index contributed by atoms with van der Waals surface area (Å²) in [6.07, 6.45) is 0.741. The first kappa shape index (κ1) is 18.0. The van der Waals surface area contributed by atoms with Crippen LogP contribution < -0.4 is 4.74 Å². The molecule has 1 aliphatic carbocycles. The van der Waals surface area contributed by atoms with Gasteiger partial charge in [-0.05, 0) is 47.2 Å². The van der Waals surface area contributed by atoms with Gasteiger partial charge in [0, 0.05) is 12.1 Å². The average Bonchev–Trinajstić information content (AvgIpc) is 3.31. The number of nitrogens with zero attached hydrogens (tertiary/aromatic N) is 1. The highest BCUT2D eigenvalue weighted by Crippen LogP contribution is 2.65. The first-order valence-electron chi connectivity index (χ1n) is 9.28. The molecule has 1 amide bonds. The number of rotatable bonds is 3. The van der Waals surface area contributed by atoms with Crippen LogP contribution >= 0.6 is 0 Å². The van der Waals surface area contributed by atoms with Gasteiger partial charge in [-0.25, -0.2) is 4.39 Å². The Balaban J connectivity index is 1.67. The van der Waals surface area contributed by atoms with Crippen LogP contribution in [0.2, 0.25) is 0 Å². The predicted molar refractivity (Wildman–Crippen MR) is 99.8 cm³/mol. The number of halogens is 1. The second-order valence-corrected chi connectivity index (χ2v) is 8.15. The molecule has 1 fully saturated rings. The molecule has 2 aromatic rings. The highest BCUT2D eigenvalue weighted by molar-refractivity contribution is 5.93. The van der Waals surface area contributed by atoms with Gasteiger partial charge < -0.3 is 14.7 Å². The molecule has 1 heterocycles. The van der Waals surface area contributed by atoms with Gasteiger partial charge >= 0.3 is 0 Å². The lowest BCUT2D eigenvalue weighted by Gasteiger charge is -2.28. The minimum atomic E-state index is -0.625. The Morgan fingerprint density at radius 1 is 1.22 bits per heavy atom. The fourth-order valence-electron chi connectivity index (χ4n) is 4.32. The Morgan fingerprint density at radius 2 is 1.93 bits per heavy atom. The normalized spacial score (nSPS) is 23.2. The van der Waals surface area contributed by atoms with E-state index in [0.717, 1.165) is 28.9 Å². The number of aliphatic hydroxyl groups excluding tert-OH is 1. The van der Waals surface area contributed by atoms with E-state index in [4.69, 9.17) is 4.74 Å². The Labute approximate surface area is 158 Å². The highest BCUT2D eigenvalue weighted by atomic mass is 19.1. The lowest BCUT2D eigenvalue weighted by atomic mass is 9.86. The molecule has 0 radical (unpaired) electrons. The molecule has 0 saturated heterocycles. The largest absolute Gasteiger partial charge is 0.491 e. The maximum atomic E-state index is 13.6. The molecule has 1 N–H and O–H groups in total. The number of aliphatic hydroxyl groups is 1. The Morgan fingerprint density at radius 3 is 2.56 bits per heavy atom. The molecule has 2 aliphatic rings. The minimum Gasteiger partial charge on any atom is -0.491 e. The third-order valence-electron chi connectivity index (χ3n) is 6.01. The van der Waals surface area contributed by atoms with E-state index < -0.39 is 5.41 Å². The van der Waals surface area contributed by atoms with Crippen molar-refractivity contribution in [1.29, 1.82) is 0 Å². The van der Waals surface area contributed by atoms with E-state index in [0.29, 0.717) is 19.7 Å². The third-order valence-corrected chi connectivity index (χ3v) is 6.01. The van der Waals surface area contributed by atoms with E-state index in [9.17, 15) is 14.3 Å². The van der Waals surface area contributed by atoms with Gasteiger partial charge in [0.2, 0.25) is 5.91 Å². The smallest absolute Gasteiger partial charge is 0.234 e. The number of hydrogen-bond donors (Lipinski definition) is 1. The molecule has 1 saturated carbocycles. The molecule has 5 heteroatoms. The summed E-state index contributed by atoms with van der Waals surface area (Å²) in [5.74, 6) is 0.520. The van der Waals surface area contributed by atoms with Crippen molar-refractivity contribution in [3.63, 3.8) is 0 Å². The van der Waals surface area contributed by atoms with Gasteiger partial charge in [0.15, 0.2) is 0 Å². The molecular weight excluding hydrogens is 345 g/mol. The zero-order chi connectivity index (χ0) is 19.2. The fraction of sp³-hybridized carbons (Fsp3) is 0.409. The summed E-state index contributed by atoms with van der Waals surface area (Å²) in [5, 5.41) is 9.41. The molecule has 0 spiro atoms. The van der Waals surface area contributed by atoms with E-state index in [2.05, 4.69) is 13.8 Å². The van der Waals surface area contributed by atoms with Crippen molar-refractivity contribution in [3.8, 4) is 5.75 Å². The van der Waals surface area contributed by atoms with Gasteiger partial charge in [-0.3, -0.25) is 4.79 Å². The number of fused-ring (bicyclic) bond motifs is 1. The molecule has 0 aromatic heterocycles. The molecule has 0 unspecified atom stereocenters. The SMILES string of the molecule is CC1(C)C[C@@]1(C(=O)N1CCOc2ccc(CO)cc2C1)c1ccc(F)cc1. The van der Waals surface area contributed by atoms with Crippen molar-refractivity contribution in [1.82, 2.24) is 4.90 Å². The Hall–Kier alpha value is -2.40. The van der Waals surface area contributed by atoms with Crippen molar-refractivity contribution >= 4 is 5.91 Å². The van der Waals surface area contributed by atoms with Gasteiger partial charge in [-0.2, -0.15) is 0 Å². The summed E-state index contributed by atoms with van der Waals surface area (Å²) in [7, 11) is 0.